The largest absolute Gasteiger partial charge is 0.477 e. The Labute approximate surface area is 531 Å². The summed E-state index contributed by atoms with van der Waals surface area (Å²) < 4.78 is 22.9. The molecule has 484 valence electrons. The van der Waals surface area contributed by atoms with E-state index in [1.54, 1.807) is 0 Å². The fourth-order valence-electron chi connectivity index (χ4n) is 8.02. The van der Waals surface area contributed by atoms with Crippen LogP contribution in [0.4, 0.5) is 0 Å². The summed E-state index contributed by atoms with van der Waals surface area (Å²) in [6.07, 6.45) is 101. The van der Waals surface area contributed by atoms with Gasteiger partial charge >= 0.3 is 17.9 Å². The number of hydrogen-bond acceptors (Lipinski definition) is 7. The third kappa shape index (κ3) is 67.2. The second-order valence-corrected chi connectivity index (χ2v) is 22.3. The first-order valence-corrected chi connectivity index (χ1v) is 33.2. The fourth-order valence-corrected chi connectivity index (χ4v) is 8.02. The van der Waals surface area contributed by atoms with Crippen molar-refractivity contribution in [2.24, 2.45) is 0 Å². The highest BCUT2D eigenvalue weighted by molar-refractivity contribution is 5.71. The van der Waals surface area contributed by atoms with Gasteiger partial charge in [-0.15, -0.1) is 0 Å². The maximum absolute atomic E-state index is 12.9. The Morgan fingerprint density at radius 3 is 0.931 bits per heavy atom. The van der Waals surface area contributed by atoms with Crippen molar-refractivity contribution in [3.63, 3.8) is 0 Å². The molecule has 0 saturated carbocycles. The molecule has 0 aromatic carbocycles. The molecule has 2 unspecified atom stereocenters. The third-order valence-corrected chi connectivity index (χ3v) is 13.0. The van der Waals surface area contributed by atoms with Crippen LogP contribution in [0, 0.1) is 0 Å². The number of hydrogen-bond donors (Lipinski definition) is 1. The van der Waals surface area contributed by atoms with E-state index in [9.17, 15) is 19.5 Å². The van der Waals surface area contributed by atoms with E-state index in [0.29, 0.717) is 23.9 Å². The molecule has 87 heavy (non-hydrogen) atoms. The van der Waals surface area contributed by atoms with Crippen molar-refractivity contribution in [3.05, 3.63) is 207 Å². The van der Waals surface area contributed by atoms with Crippen molar-refractivity contribution in [1.82, 2.24) is 0 Å². The summed E-state index contributed by atoms with van der Waals surface area (Å²) >= 11 is 0. The second kappa shape index (κ2) is 65.8. The van der Waals surface area contributed by atoms with Crippen LogP contribution in [-0.2, 0) is 33.3 Å². The van der Waals surface area contributed by atoms with Crippen molar-refractivity contribution in [1.29, 1.82) is 0 Å². The smallest absolute Gasteiger partial charge is 0.361 e. The number of unbranched alkanes of at least 4 members (excludes halogenated alkanes) is 9. The van der Waals surface area contributed by atoms with Gasteiger partial charge in [0, 0.05) is 12.8 Å². The van der Waals surface area contributed by atoms with E-state index in [1.165, 1.54) is 0 Å². The van der Waals surface area contributed by atoms with E-state index in [0.717, 1.165) is 167 Å². The highest BCUT2D eigenvalue weighted by atomic mass is 16.7. The average Bonchev–Trinajstić information content (AvgIpc) is 3.57. The first-order valence-electron chi connectivity index (χ1n) is 33.2. The number of likely N-dealkylation sites (N-methyl/N-ethyl adjacent to an activating group) is 1. The Balaban J connectivity index is 4.33. The quantitative estimate of drug-likeness (QED) is 0.0211. The Kier molecular flexibility index (Phi) is 61.2. The summed E-state index contributed by atoms with van der Waals surface area (Å²) in [7, 11) is 5.94. The SMILES string of the molecule is CC/C=C\C/C=C\C/C=C\C/C=C\C/C=C\C/C=C\C/C=C\C/C=C\C/C=C\C/C=C\CCCCCCCCC(=O)OC(COC(=O)CCCCC/C=C\C/C=C\C/C=C\C/C=C\C/C=C\C/C=C\C/C=C\CC)COC(OCC[N+](C)(C)C)C(=O)O. The van der Waals surface area contributed by atoms with E-state index in [-0.39, 0.29) is 32.7 Å². The molecule has 0 aliphatic carbocycles. The number of carboxylic acid groups (broad SMARTS) is 1. The predicted octanol–water partition coefficient (Wildman–Crippen LogP) is 20.8. The first kappa shape index (κ1) is 80.9. The van der Waals surface area contributed by atoms with E-state index in [1.807, 2.05) is 21.1 Å². The summed E-state index contributed by atoms with van der Waals surface area (Å²) in [4.78, 5) is 37.6. The molecule has 0 spiro atoms. The van der Waals surface area contributed by atoms with Gasteiger partial charge in [-0.1, -0.05) is 253 Å². The van der Waals surface area contributed by atoms with Crippen molar-refractivity contribution in [2.45, 2.75) is 219 Å². The zero-order valence-corrected chi connectivity index (χ0v) is 55.1. The van der Waals surface area contributed by atoms with Crippen molar-refractivity contribution in [3.8, 4) is 0 Å². The summed E-state index contributed by atoms with van der Waals surface area (Å²) in [6.45, 7) is 4.55. The highest BCUT2D eigenvalue weighted by Crippen LogP contribution is 2.13. The third-order valence-electron chi connectivity index (χ3n) is 13.0. The molecule has 0 aromatic rings. The van der Waals surface area contributed by atoms with Gasteiger partial charge in [0.1, 0.15) is 13.2 Å². The topological polar surface area (TPSA) is 108 Å². The molecular formula is C78H120NO8+. The lowest BCUT2D eigenvalue weighted by Crippen LogP contribution is -2.40. The molecule has 0 bridgehead atoms. The number of quaternary nitrogens is 1. The van der Waals surface area contributed by atoms with Crippen molar-refractivity contribution < 1.29 is 42.9 Å². The van der Waals surface area contributed by atoms with Gasteiger partial charge in [-0.2, -0.15) is 0 Å². The van der Waals surface area contributed by atoms with Crippen LogP contribution in [0.15, 0.2) is 207 Å². The fraction of sp³-hybridized carbons (Fsp3) is 0.526. The normalized spacial score (nSPS) is 14.1. The van der Waals surface area contributed by atoms with Crippen molar-refractivity contribution >= 4 is 17.9 Å². The maximum atomic E-state index is 12.9. The molecule has 0 aromatic heterocycles. The monoisotopic (exact) mass is 1200 g/mol. The van der Waals surface area contributed by atoms with Crippen LogP contribution in [0.3, 0.4) is 0 Å². The zero-order chi connectivity index (χ0) is 63.3. The first-order chi connectivity index (χ1) is 42.6. The summed E-state index contributed by atoms with van der Waals surface area (Å²) in [6, 6.07) is 0. The van der Waals surface area contributed by atoms with Crippen LogP contribution >= 0.6 is 0 Å². The van der Waals surface area contributed by atoms with E-state index < -0.39 is 30.3 Å². The lowest BCUT2D eigenvalue weighted by molar-refractivity contribution is -0.870. The Hall–Kier alpha value is -6.13. The molecular weight excluding hydrogens is 1080 g/mol. The number of allylic oxidation sites excluding steroid dienone is 34. The summed E-state index contributed by atoms with van der Waals surface area (Å²) in [5.41, 5.74) is 0. The van der Waals surface area contributed by atoms with E-state index in [4.69, 9.17) is 18.9 Å². The standard InChI is InChI=1S/C78H119NO8/c1-6-8-10-12-14-16-18-20-22-24-26-28-30-32-33-34-35-36-37-38-39-40-41-42-43-45-47-49-51-53-55-57-59-61-63-65-67-69-76(81)87-74(73-86-78(77(82)83)84-71-70-79(3,4)5)72-85-75(80)68-66-64-62-60-58-56-54-52-50-48-46-44-31-29-27-25-23-21-19-17-15-13-11-9-7-2/h8-11,14-17,20-23,26-29,32-33,35-36,38-39,41-42,44-47,50-53,56,58,74,78H,6-7,12-13,18-19,24-25,30-31,34,37,40,43,48-49,54-55,57,59-73H2,1-5H3/p+1/b10-8-,11-9-,16-14-,17-15-,22-20-,23-21-,28-26-,29-27-,33-32-,36-35-,39-38-,42-41-,46-44-,47-45-,52-50-,53-51-,58-56-. The maximum Gasteiger partial charge on any atom is 0.361 e. The molecule has 9 heteroatoms. The van der Waals surface area contributed by atoms with Gasteiger partial charge in [-0.3, -0.25) is 9.59 Å². The van der Waals surface area contributed by atoms with Gasteiger partial charge in [0.15, 0.2) is 6.10 Å². The van der Waals surface area contributed by atoms with E-state index in [2.05, 4.69) is 220 Å². The predicted molar refractivity (Wildman–Crippen MR) is 372 cm³/mol. The molecule has 0 rings (SSSR count). The molecule has 0 amide bonds. The van der Waals surface area contributed by atoms with Gasteiger partial charge in [0.05, 0.1) is 34.4 Å². The minimum atomic E-state index is -1.54. The van der Waals surface area contributed by atoms with Crippen LogP contribution in [0.5, 0.6) is 0 Å². The van der Waals surface area contributed by atoms with E-state index >= 15 is 0 Å². The summed E-state index contributed by atoms with van der Waals surface area (Å²) in [5.74, 6) is -2.10. The molecule has 0 fully saturated rings. The number of nitrogens with zero attached hydrogens (tertiary/aromatic N) is 1. The number of aliphatic carboxylic acids is 1. The molecule has 0 aliphatic rings. The number of carboxylic acids is 1. The molecule has 0 heterocycles. The molecule has 1 N–H and O–H groups in total. The van der Waals surface area contributed by atoms with Gasteiger partial charge in [0.25, 0.3) is 6.29 Å². The Bertz CT molecular complexity index is 2180. The average molecular weight is 1200 g/mol. The number of carbonyl (C=O) groups is 3. The molecule has 0 radical (unpaired) electrons. The van der Waals surface area contributed by atoms with Crippen LogP contribution in [-0.4, -0.2) is 87.4 Å². The number of esters is 2. The highest BCUT2D eigenvalue weighted by Gasteiger charge is 2.25. The minimum absolute atomic E-state index is 0.166. The molecule has 9 nitrogen and oxygen atoms in total. The number of carbonyl (C=O) groups excluding carboxylic acids is 2. The van der Waals surface area contributed by atoms with Gasteiger partial charge in [-0.25, -0.2) is 4.79 Å². The van der Waals surface area contributed by atoms with Gasteiger partial charge in [0.2, 0.25) is 0 Å². The van der Waals surface area contributed by atoms with Crippen LogP contribution in [0.1, 0.15) is 206 Å². The molecule has 2 atom stereocenters. The minimum Gasteiger partial charge on any atom is -0.477 e. The zero-order valence-electron chi connectivity index (χ0n) is 55.1. The number of rotatable bonds is 58. The lowest BCUT2D eigenvalue weighted by atomic mass is 10.1. The number of ether oxygens (including phenoxy) is 4. The van der Waals surface area contributed by atoms with Gasteiger partial charge < -0.3 is 28.5 Å². The van der Waals surface area contributed by atoms with Crippen molar-refractivity contribution in [2.75, 3.05) is 47.5 Å². The summed E-state index contributed by atoms with van der Waals surface area (Å²) in [5, 5.41) is 9.73. The second-order valence-electron chi connectivity index (χ2n) is 22.3. The molecule has 0 saturated heterocycles. The molecule has 0 aliphatic heterocycles. The lowest BCUT2D eigenvalue weighted by Gasteiger charge is -2.25. The Morgan fingerprint density at radius 2 is 0.621 bits per heavy atom. The van der Waals surface area contributed by atoms with Crippen LogP contribution in [0.25, 0.3) is 0 Å². The van der Waals surface area contributed by atoms with Gasteiger partial charge in [-0.05, 0) is 148 Å². The van der Waals surface area contributed by atoms with Crippen LogP contribution in [0.2, 0.25) is 0 Å². The Morgan fingerprint density at radius 1 is 0.345 bits per heavy atom. The van der Waals surface area contributed by atoms with Crippen LogP contribution < -0.4 is 0 Å².